The zero-order valence-corrected chi connectivity index (χ0v) is 30.4. The summed E-state index contributed by atoms with van der Waals surface area (Å²) in [6.45, 7) is 0. The summed E-state index contributed by atoms with van der Waals surface area (Å²) in [6.07, 6.45) is 0. The number of aromatic nitrogens is 4. The molecule has 0 amide bonds. The van der Waals surface area contributed by atoms with E-state index >= 15 is 0 Å². The van der Waals surface area contributed by atoms with Gasteiger partial charge in [0.05, 0.1) is 22.3 Å². The second kappa shape index (κ2) is 12.3. The fraction of sp³-hybridized carbons (Fsp3) is 0. The molecule has 0 unspecified atom stereocenters. The highest BCUT2D eigenvalue weighted by molar-refractivity contribution is 6.15. The van der Waals surface area contributed by atoms with Gasteiger partial charge in [0.2, 0.25) is 0 Å². The molecule has 0 aliphatic rings. The number of nitrogens with zero attached hydrogens (tertiary/aromatic N) is 4. The van der Waals surface area contributed by atoms with E-state index in [1.165, 1.54) is 10.8 Å². The van der Waals surface area contributed by atoms with Crippen LogP contribution in [-0.2, 0) is 0 Å². The van der Waals surface area contributed by atoms with Crippen molar-refractivity contribution in [2.45, 2.75) is 0 Å². The molecule has 4 aromatic heterocycles. The monoisotopic (exact) mass is 730 g/mol. The van der Waals surface area contributed by atoms with Crippen LogP contribution in [0.5, 0.6) is 0 Å². The maximum absolute atomic E-state index is 7.01. The Labute approximate surface area is 325 Å². The lowest BCUT2D eigenvalue weighted by Crippen LogP contribution is -2.00. The van der Waals surface area contributed by atoms with Gasteiger partial charge in [0.25, 0.3) is 0 Å². The van der Waals surface area contributed by atoms with Gasteiger partial charge in [-0.05, 0) is 59.7 Å². The van der Waals surface area contributed by atoms with Crippen molar-refractivity contribution in [3.8, 4) is 51.0 Å². The number of para-hydroxylation sites is 4. The molecule has 6 heteroatoms. The Morgan fingerprint density at radius 3 is 1.67 bits per heavy atom. The average molecular weight is 731 g/mol. The minimum Gasteiger partial charge on any atom is -0.456 e. The van der Waals surface area contributed by atoms with Gasteiger partial charge < -0.3 is 13.4 Å². The quantitative estimate of drug-likeness (QED) is 0.176. The van der Waals surface area contributed by atoms with Crippen molar-refractivity contribution in [2.75, 3.05) is 0 Å². The van der Waals surface area contributed by atoms with Crippen molar-refractivity contribution in [3.63, 3.8) is 0 Å². The molecule has 4 heterocycles. The van der Waals surface area contributed by atoms with Crippen LogP contribution in [0.25, 0.3) is 117 Å². The van der Waals surface area contributed by atoms with Crippen molar-refractivity contribution >= 4 is 65.7 Å². The lowest BCUT2D eigenvalue weighted by Gasteiger charge is -2.09. The Balaban J connectivity index is 1.05. The summed E-state index contributed by atoms with van der Waals surface area (Å²) in [6, 6.07) is 62.7. The molecule has 0 saturated heterocycles. The number of fused-ring (bicyclic) bond motifs is 9. The molecule has 12 aromatic rings. The summed E-state index contributed by atoms with van der Waals surface area (Å²) < 4.78 is 15.5. The van der Waals surface area contributed by atoms with Gasteiger partial charge in [0.15, 0.2) is 23.1 Å². The Hall–Kier alpha value is -7.83. The standard InChI is InChI=1S/C51H30N4O2/c1-3-13-31(14-4-1)49-52-50(32-15-5-2-6-16-32)54-51(53-49)39-21-11-19-37-38-20-12-23-44(48(38)57-47(37)39)55-42-22-9-7-17-35(42)40-29-33(25-27-43(40)55)34-26-28-46-41(30-34)36-18-8-10-24-45(36)56-46/h1-30H. The predicted molar refractivity (Wildman–Crippen MR) is 230 cm³/mol. The highest BCUT2D eigenvalue weighted by Gasteiger charge is 2.21. The van der Waals surface area contributed by atoms with Crippen molar-refractivity contribution < 1.29 is 8.83 Å². The van der Waals surface area contributed by atoms with E-state index in [1.54, 1.807) is 0 Å². The molecule has 57 heavy (non-hydrogen) atoms. The zero-order valence-electron chi connectivity index (χ0n) is 30.4. The number of hydrogen-bond acceptors (Lipinski definition) is 5. The van der Waals surface area contributed by atoms with Crippen LogP contribution in [0.3, 0.4) is 0 Å². The van der Waals surface area contributed by atoms with Crippen LogP contribution in [0.15, 0.2) is 191 Å². The third-order valence-corrected chi connectivity index (χ3v) is 11.1. The lowest BCUT2D eigenvalue weighted by molar-refractivity contribution is 0.667. The highest BCUT2D eigenvalue weighted by Crippen LogP contribution is 2.42. The third kappa shape index (κ3) is 4.94. The molecule has 0 spiro atoms. The van der Waals surface area contributed by atoms with E-state index in [0.717, 1.165) is 88.4 Å². The first-order valence-electron chi connectivity index (χ1n) is 19.0. The predicted octanol–water partition coefficient (Wildman–Crippen LogP) is 13.4. The first-order chi connectivity index (χ1) is 28.2. The van der Waals surface area contributed by atoms with Gasteiger partial charge in [-0.1, -0.05) is 133 Å². The molecule has 8 aromatic carbocycles. The third-order valence-electron chi connectivity index (χ3n) is 11.1. The molecule has 0 aliphatic carbocycles. The van der Waals surface area contributed by atoms with Gasteiger partial charge in [0.1, 0.15) is 16.7 Å². The highest BCUT2D eigenvalue weighted by atomic mass is 16.3. The zero-order chi connectivity index (χ0) is 37.5. The summed E-state index contributed by atoms with van der Waals surface area (Å²) in [4.78, 5) is 15.0. The molecule has 0 fully saturated rings. The van der Waals surface area contributed by atoms with E-state index in [1.807, 2.05) is 78.9 Å². The molecule has 0 saturated carbocycles. The van der Waals surface area contributed by atoms with E-state index in [4.69, 9.17) is 23.8 Å². The molecule has 6 nitrogen and oxygen atoms in total. The van der Waals surface area contributed by atoms with Gasteiger partial charge in [-0.2, -0.15) is 0 Å². The second-order valence-corrected chi connectivity index (χ2v) is 14.4. The van der Waals surface area contributed by atoms with Crippen molar-refractivity contribution in [2.24, 2.45) is 0 Å². The number of hydrogen-bond donors (Lipinski definition) is 0. The number of benzene rings is 8. The lowest BCUT2D eigenvalue weighted by atomic mass is 10.0. The molecule has 0 radical (unpaired) electrons. The Kier molecular flexibility index (Phi) is 6.83. The van der Waals surface area contributed by atoms with E-state index in [-0.39, 0.29) is 0 Å². The first-order valence-corrected chi connectivity index (χ1v) is 19.0. The van der Waals surface area contributed by atoms with E-state index < -0.39 is 0 Å². The van der Waals surface area contributed by atoms with Crippen LogP contribution >= 0.6 is 0 Å². The van der Waals surface area contributed by atoms with Crippen LogP contribution < -0.4 is 0 Å². The SMILES string of the molecule is c1ccc(-c2nc(-c3ccccc3)nc(-c3cccc4c3oc3c(-n5c6ccccc6c6cc(-c7ccc8oc9ccccc9c8c7)ccc65)cccc34)n2)cc1. The summed E-state index contributed by atoms with van der Waals surface area (Å²) in [7, 11) is 0. The maximum Gasteiger partial charge on any atom is 0.167 e. The average Bonchev–Trinajstić information content (AvgIpc) is 3.96. The number of furan rings is 2. The molecule has 0 atom stereocenters. The summed E-state index contributed by atoms with van der Waals surface area (Å²) in [5, 5.41) is 6.60. The Bertz CT molecular complexity index is 3470. The topological polar surface area (TPSA) is 69.9 Å². The largest absolute Gasteiger partial charge is 0.456 e. The van der Waals surface area contributed by atoms with Crippen LogP contribution in [0.4, 0.5) is 0 Å². The van der Waals surface area contributed by atoms with Crippen molar-refractivity contribution in [3.05, 3.63) is 182 Å². The fourth-order valence-electron chi connectivity index (χ4n) is 8.40. The normalized spacial score (nSPS) is 11.9. The summed E-state index contributed by atoms with van der Waals surface area (Å²) >= 11 is 0. The van der Waals surface area contributed by atoms with E-state index in [0.29, 0.717) is 17.5 Å². The summed E-state index contributed by atoms with van der Waals surface area (Å²) in [5.74, 6) is 1.77. The fourth-order valence-corrected chi connectivity index (χ4v) is 8.40. The van der Waals surface area contributed by atoms with Gasteiger partial charge >= 0.3 is 0 Å². The molecule has 12 rings (SSSR count). The van der Waals surface area contributed by atoms with Gasteiger partial charge in [-0.3, -0.25) is 0 Å². The maximum atomic E-state index is 7.01. The van der Waals surface area contributed by atoms with E-state index in [9.17, 15) is 0 Å². The molecular weight excluding hydrogens is 701 g/mol. The smallest absolute Gasteiger partial charge is 0.167 e. The molecular formula is C51H30N4O2. The molecule has 266 valence electrons. The first kappa shape index (κ1) is 31.5. The Morgan fingerprint density at radius 1 is 0.333 bits per heavy atom. The molecule has 0 N–H and O–H groups in total. The minimum atomic E-state index is 0.555. The molecule has 0 aliphatic heterocycles. The summed E-state index contributed by atoms with van der Waals surface area (Å²) in [5.41, 5.74) is 11.4. The van der Waals surface area contributed by atoms with Crippen LogP contribution in [0, 0.1) is 0 Å². The van der Waals surface area contributed by atoms with Crippen molar-refractivity contribution in [1.82, 2.24) is 19.5 Å². The number of rotatable bonds is 5. The van der Waals surface area contributed by atoms with E-state index in [2.05, 4.69) is 108 Å². The van der Waals surface area contributed by atoms with Gasteiger partial charge in [-0.25, -0.2) is 15.0 Å². The van der Waals surface area contributed by atoms with Crippen LogP contribution in [-0.4, -0.2) is 19.5 Å². The Morgan fingerprint density at radius 2 is 0.895 bits per heavy atom. The second-order valence-electron chi connectivity index (χ2n) is 14.4. The van der Waals surface area contributed by atoms with Gasteiger partial charge in [-0.15, -0.1) is 0 Å². The van der Waals surface area contributed by atoms with Crippen LogP contribution in [0.2, 0.25) is 0 Å². The van der Waals surface area contributed by atoms with Gasteiger partial charge in [0, 0.05) is 43.4 Å². The molecule has 0 bridgehead atoms. The minimum absolute atomic E-state index is 0.555. The van der Waals surface area contributed by atoms with Crippen LogP contribution in [0.1, 0.15) is 0 Å². The van der Waals surface area contributed by atoms with Crippen molar-refractivity contribution in [1.29, 1.82) is 0 Å².